The number of ether oxygens (including phenoxy) is 1. The van der Waals surface area contributed by atoms with Crippen LogP contribution < -0.4 is 20.5 Å². The van der Waals surface area contributed by atoms with Gasteiger partial charge in [0.2, 0.25) is 15.9 Å². The van der Waals surface area contributed by atoms with Crippen molar-refractivity contribution in [3.63, 3.8) is 0 Å². The summed E-state index contributed by atoms with van der Waals surface area (Å²) in [6, 6.07) is 18.4. The van der Waals surface area contributed by atoms with Crippen molar-refractivity contribution in [3.8, 4) is 5.75 Å². The van der Waals surface area contributed by atoms with E-state index >= 15 is 0 Å². The molecule has 5 N–H and O–H groups in total. The lowest BCUT2D eigenvalue weighted by molar-refractivity contribution is -0.130. The van der Waals surface area contributed by atoms with E-state index in [0.717, 1.165) is 55.2 Å². The second-order valence-electron chi connectivity index (χ2n) is 13.6. The van der Waals surface area contributed by atoms with E-state index in [2.05, 4.69) is 31.4 Å². The molecule has 0 fully saturated rings. The maximum Gasteiger partial charge on any atom is 0.266 e. The SMILES string of the molecule is CCCCC(C)(CCCC)CC(=Cc1ccccc1)c1cc(SC)c(OCC(=O)NC(C(=O)NCCS(=O)(=O)O)c2ccc(C)cc2)cc1S(N)(=O)=O. The second-order valence-corrected chi connectivity index (χ2v) is 17.5. The number of benzene rings is 3. The number of hydrogen-bond acceptors (Lipinski definition) is 8. The number of nitrogens with two attached hydrogens (primary N) is 1. The van der Waals surface area contributed by atoms with Gasteiger partial charge >= 0.3 is 0 Å². The number of sulfonamides is 1. The summed E-state index contributed by atoms with van der Waals surface area (Å²) in [5, 5.41) is 10.9. The molecule has 0 aliphatic carbocycles. The minimum absolute atomic E-state index is 0.0956. The molecule has 0 spiro atoms. The zero-order valence-electron chi connectivity index (χ0n) is 31.2. The summed E-state index contributed by atoms with van der Waals surface area (Å²) >= 11 is 1.32. The highest BCUT2D eigenvalue weighted by Gasteiger charge is 2.29. The maximum absolute atomic E-state index is 13.3. The minimum Gasteiger partial charge on any atom is -0.483 e. The van der Waals surface area contributed by atoms with Gasteiger partial charge in [-0.25, -0.2) is 13.6 Å². The maximum atomic E-state index is 13.3. The number of unbranched alkanes of at least 4 members (excludes halogenated alkanes) is 2. The number of carbonyl (C=O) groups excluding carboxylic acids is 2. The fourth-order valence-electron chi connectivity index (χ4n) is 6.05. The molecular weight excluding hydrogens is 735 g/mol. The molecule has 3 aromatic rings. The number of nitrogens with one attached hydrogen (secondary N) is 2. The zero-order valence-corrected chi connectivity index (χ0v) is 33.6. The Bertz CT molecular complexity index is 1920. The summed E-state index contributed by atoms with van der Waals surface area (Å²) in [4.78, 5) is 26.8. The van der Waals surface area contributed by atoms with E-state index < -0.39 is 50.4 Å². The zero-order chi connectivity index (χ0) is 39.2. The molecule has 14 heteroatoms. The summed E-state index contributed by atoms with van der Waals surface area (Å²) in [6.07, 6.45) is 10.6. The average molecular weight is 788 g/mol. The van der Waals surface area contributed by atoms with Crippen molar-refractivity contribution >= 4 is 55.4 Å². The highest BCUT2D eigenvalue weighted by molar-refractivity contribution is 7.98. The van der Waals surface area contributed by atoms with E-state index in [9.17, 15) is 26.4 Å². The Kier molecular flexibility index (Phi) is 16.6. The van der Waals surface area contributed by atoms with Gasteiger partial charge in [-0.2, -0.15) is 8.42 Å². The van der Waals surface area contributed by atoms with Crippen LogP contribution >= 0.6 is 11.8 Å². The van der Waals surface area contributed by atoms with Gasteiger partial charge in [-0.1, -0.05) is 113 Å². The number of rotatable bonds is 21. The first-order valence-corrected chi connectivity index (χ1v) is 22.1. The number of aryl methyl sites for hydroxylation is 1. The number of primary sulfonamides is 1. The number of allylic oxidation sites excluding steroid dienone is 1. The average Bonchev–Trinajstić information content (AvgIpc) is 3.10. The summed E-state index contributed by atoms with van der Waals surface area (Å²) in [6.45, 7) is 7.50. The molecule has 2 amide bonds. The van der Waals surface area contributed by atoms with E-state index in [-0.39, 0.29) is 22.6 Å². The van der Waals surface area contributed by atoms with Crippen LogP contribution in [-0.2, 0) is 29.7 Å². The smallest absolute Gasteiger partial charge is 0.266 e. The molecule has 0 saturated heterocycles. The first-order valence-electron chi connectivity index (χ1n) is 17.7. The van der Waals surface area contributed by atoms with E-state index in [1.165, 1.54) is 17.8 Å². The van der Waals surface area contributed by atoms with Crippen LogP contribution in [0.3, 0.4) is 0 Å². The first-order chi connectivity index (χ1) is 25.0. The van der Waals surface area contributed by atoms with E-state index in [4.69, 9.17) is 14.4 Å². The predicted molar refractivity (Wildman–Crippen MR) is 213 cm³/mol. The van der Waals surface area contributed by atoms with E-state index in [1.807, 2.05) is 49.6 Å². The lowest BCUT2D eigenvalue weighted by atomic mass is 9.74. The highest BCUT2D eigenvalue weighted by Crippen LogP contribution is 2.44. The fraction of sp³-hybridized carbons (Fsp3) is 0.436. The third-order valence-electron chi connectivity index (χ3n) is 8.94. The van der Waals surface area contributed by atoms with Crippen LogP contribution in [0.4, 0.5) is 0 Å². The number of hydrogen-bond donors (Lipinski definition) is 4. The van der Waals surface area contributed by atoms with Gasteiger partial charge in [-0.15, -0.1) is 11.8 Å². The third-order valence-corrected chi connectivity index (χ3v) is 11.4. The van der Waals surface area contributed by atoms with Gasteiger partial charge in [-0.3, -0.25) is 14.1 Å². The molecule has 0 saturated carbocycles. The van der Waals surface area contributed by atoms with E-state index in [1.54, 1.807) is 30.3 Å². The standard InChI is InChI=1S/C39H53N3O8S3/c1-6-8-19-39(4,20-9-7-2)26-31(23-29-13-11-10-12-14-29)32-24-34(51-5)33(25-35(32)53(40,48)49)50-27-36(43)42-37(30-17-15-28(3)16-18-30)38(44)41-21-22-52(45,46)47/h10-18,23-25,37H,6-9,19-22,26-27H2,1-5H3,(H,41,44)(H,42,43)(H2,40,48,49)(H,45,46,47). The molecule has 3 aromatic carbocycles. The van der Waals surface area contributed by atoms with Crippen LogP contribution in [0.15, 0.2) is 76.5 Å². The van der Waals surface area contributed by atoms with Gasteiger partial charge in [0.25, 0.3) is 16.0 Å². The van der Waals surface area contributed by atoms with Crippen LogP contribution in [0.1, 0.15) is 94.0 Å². The Labute approximate surface area is 319 Å². The van der Waals surface area contributed by atoms with Gasteiger partial charge < -0.3 is 15.4 Å². The van der Waals surface area contributed by atoms with Crippen molar-refractivity contribution in [3.05, 3.63) is 89.0 Å². The second kappa shape index (κ2) is 20.1. The first kappa shape index (κ1) is 43.7. The Balaban J connectivity index is 2.00. The van der Waals surface area contributed by atoms with Gasteiger partial charge in [0, 0.05) is 17.5 Å². The largest absolute Gasteiger partial charge is 0.483 e. The van der Waals surface area contributed by atoms with Crippen LogP contribution in [0.2, 0.25) is 0 Å². The van der Waals surface area contributed by atoms with Crippen molar-refractivity contribution < 1.29 is 35.7 Å². The summed E-state index contributed by atoms with van der Waals surface area (Å²) < 4.78 is 63.9. The van der Waals surface area contributed by atoms with Gasteiger partial charge in [0.05, 0.1) is 10.6 Å². The van der Waals surface area contributed by atoms with Gasteiger partial charge in [0.1, 0.15) is 11.8 Å². The Morgan fingerprint density at radius 1 is 0.981 bits per heavy atom. The van der Waals surface area contributed by atoms with Crippen molar-refractivity contribution in [2.75, 3.05) is 25.2 Å². The molecule has 11 nitrogen and oxygen atoms in total. The molecule has 53 heavy (non-hydrogen) atoms. The third kappa shape index (κ3) is 14.2. The van der Waals surface area contributed by atoms with E-state index in [0.29, 0.717) is 22.4 Å². The van der Waals surface area contributed by atoms with Crippen molar-refractivity contribution in [1.29, 1.82) is 0 Å². The molecule has 0 bridgehead atoms. The lowest BCUT2D eigenvalue weighted by Crippen LogP contribution is -2.43. The molecule has 1 unspecified atom stereocenters. The monoisotopic (exact) mass is 787 g/mol. The fourth-order valence-corrected chi connectivity index (χ4v) is 7.74. The molecule has 0 aliphatic heterocycles. The van der Waals surface area contributed by atoms with Crippen molar-refractivity contribution in [1.82, 2.24) is 10.6 Å². The summed E-state index contributed by atoms with van der Waals surface area (Å²) in [7, 11) is -8.60. The van der Waals surface area contributed by atoms with Crippen molar-refractivity contribution in [2.45, 2.75) is 88.5 Å². The normalized spacial score (nSPS) is 13.0. The van der Waals surface area contributed by atoms with Gasteiger partial charge in [0.15, 0.2) is 6.61 Å². The van der Waals surface area contributed by atoms with Crippen LogP contribution in [0.5, 0.6) is 5.75 Å². The number of thioether (sulfide) groups is 1. The topological polar surface area (TPSA) is 182 Å². The number of carbonyl (C=O) groups is 2. The Hall–Kier alpha value is -3.69. The molecule has 3 rings (SSSR count). The van der Waals surface area contributed by atoms with Crippen molar-refractivity contribution in [2.24, 2.45) is 10.6 Å². The number of amides is 2. The Morgan fingerprint density at radius 3 is 2.15 bits per heavy atom. The molecule has 0 radical (unpaired) electrons. The molecule has 0 heterocycles. The summed E-state index contributed by atoms with van der Waals surface area (Å²) in [5.41, 5.74) is 3.47. The molecular formula is C39H53N3O8S3. The lowest BCUT2D eigenvalue weighted by Gasteiger charge is -2.32. The predicted octanol–water partition coefficient (Wildman–Crippen LogP) is 6.92. The molecule has 0 aliphatic rings. The molecule has 290 valence electrons. The highest BCUT2D eigenvalue weighted by atomic mass is 32.2. The molecule has 1 atom stereocenters. The van der Waals surface area contributed by atoms with Gasteiger partial charge in [-0.05, 0) is 66.2 Å². The van der Waals surface area contributed by atoms with Crippen LogP contribution in [-0.4, -0.2) is 58.4 Å². The minimum atomic E-state index is -4.32. The quantitative estimate of drug-likeness (QED) is 0.0506. The summed E-state index contributed by atoms with van der Waals surface area (Å²) in [5.74, 6) is -1.96. The molecule has 0 aromatic heterocycles. The van der Waals surface area contributed by atoms with Crippen LogP contribution in [0, 0.1) is 12.3 Å². The van der Waals surface area contributed by atoms with Crippen LogP contribution in [0.25, 0.3) is 11.6 Å². The Morgan fingerprint density at radius 2 is 1.60 bits per heavy atom.